The summed E-state index contributed by atoms with van der Waals surface area (Å²) in [4.78, 5) is 19.3. The van der Waals surface area contributed by atoms with Crippen LogP contribution in [0.15, 0.2) is 34.1 Å². The van der Waals surface area contributed by atoms with Crippen LogP contribution in [0.1, 0.15) is 36.8 Å². The lowest BCUT2D eigenvalue weighted by atomic mass is 9.91. The van der Waals surface area contributed by atoms with Gasteiger partial charge in [0.1, 0.15) is 5.56 Å². The number of nitrogens with one attached hydrogen (secondary N) is 1. The summed E-state index contributed by atoms with van der Waals surface area (Å²) in [7, 11) is 0. The highest BCUT2D eigenvalue weighted by Crippen LogP contribution is 2.21. The molecule has 1 saturated carbocycles. The Morgan fingerprint density at radius 1 is 1.32 bits per heavy atom. The number of benzene rings is 1. The molecule has 0 aliphatic heterocycles. The largest absolute Gasteiger partial charge is 0.494 e. The molecule has 0 saturated heterocycles. The third-order valence-electron chi connectivity index (χ3n) is 4.59. The second-order valence-corrected chi connectivity index (χ2v) is 6.85. The van der Waals surface area contributed by atoms with Gasteiger partial charge in [0.2, 0.25) is 5.88 Å². The van der Waals surface area contributed by atoms with Crippen molar-refractivity contribution in [3.8, 4) is 11.6 Å². The zero-order valence-electron chi connectivity index (χ0n) is 14.1. The maximum Gasteiger partial charge on any atom is 0.264 e. The minimum atomic E-state index is -0.459. The van der Waals surface area contributed by atoms with Gasteiger partial charge < -0.3 is 10.8 Å². The lowest BCUT2D eigenvalue weighted by Crippen LogP contribution is -2.36. The van der Waals surface area contributed by atoms with E-state index < -0.39 is 5.56 Å². The topological polar surface area (TPSA) is 96.4 Å². The van der Waals surface area contributed by atoms with Crippen LogP contribution >= 0.6 is 12.2 Å². The van der Waals surface area contributed by atoms with Gasteiger partial charge in [-0.3, -0.25) is 19.3 Å². The van der Waals surface area contributed by atoms with Gasteiger partial charge in [-0.05, 0) is 44.1 Å². The normalized spacial score (nSPS) is 20.9. The van der Waals surface area contributed by atoms with Crippen LogP contribution in [0, 0.1) is 11.7 Å². The maximum atomic E-state index is 12.2. The van der Waals surface area contributed by atoms with Crippen molar-refractivity contribution >= 4 is 18.4 Å². The highest BCUT2D eigenvalue weighted by molar-refractivity contribution is 7.71. The average molecular weight is 358 g/mol. The molecule has 0 bridgehead atoms. The summed E-state index contributed by atoms with van der Waals surface area (Å²) in [5.74, 6) is -0.217. The van der Waals surface area contributed by atoms with E-state index in [9.17, 15) is 9.90 Å². The molecule has 0 spiro atoms. The van der Waals surface area contributed by atoms with Crippen LogP contribution in [0.2, 0.25) is 0 Å². The first kappa shape index (κ1) is 17.6. The second kappa shape index (κ2) is 7.33. The van der Waals surface area contributed by atoms with Crippen molar-refractivity contribution in [1.29, 1.82) is 0 Å². The molecule has 3 rings (SSSR count). The van der Waals surface area contributed by atoms with Crippen molar-refractivity contribution in [3.05, 3.63) is 50.5 Å². The van der Waals surface area contributed by atoms with Crippen LogP contribution in [-0.4, -0.2) is 33.0 Å². The monoisotopic (exact) mass is 358 g/mol. The number of nitrogens with zero attached hydrogens (tertiary/aromatic N) is 2. The Morgan fingerprint density at radius 3 is 2.68 bits per heavy atom. The van der Waals surface area contributed by atoms with E-state index in [1.165, 1.54) is 10.8 Å². The molecule has 1 aliphatic rings. The molecule has 0 amide bonds. The number of aliphatic imine (C=N–C) groups is 1. The molecule has 1 aromatic carbocycles. The molecule has 0 unspecified atom stereocenters. The van der Waals surface area contributed by atoms with Gasteiger partial charge in [0.05, 0.1) is 11.7 Å². The number of nitrogens with two attached hydrogens (primary N) is 1. The van der Waals surface area contributed by atoms with E-state index in [0.717, 1.165) is 31.2 Å². The molecule has 1 heterocycles. The van der Waals surface area contributed by atoms with E-state index >= 15 is 0 Å². The quantitative estimate of drug-likeness (QED) is 0.580. The Morgan fingerprint density at radius 2 is 2.00 bits per heavy atom. The van der Waals surface area contributed by atoms with E-state index in [0.29, 0.717) is 5.69 Å². The first-order valence-electron chi connectivity index (χ1n) is 8.41. The zero-order valence-corrected chi connectivity index (χ0v) is 14.9. The molecule has 6 nitrogen and oxygen atoms in total. The SMILES string of the molecule is Cc1ccc(-n2c(O)c(C=N[C@H]3CCCC[C@@H]3N)c(=O)[nH]c2=S)cc1. The van der Waals surface area contributed by atoms with Gasteiger partial charge in [0.25, 0.3) is 5.56 Å². The first-order valence-corrected chi connectivity index (χ1v) is 8.82. The summed E-state index contributed by atoms with van der Waals surface area (Å²) in [5.41, 5.74) is 7.49. The van der Waals surface area contributed by atoms with Crippen LogP contribution in [0.3, 0.4) is 0 Å². The Kier molecular flexibility index (Phi) is 5.15. The number of aromatic hydroxyl groups is 1. The van der Waals surface area contributed by atoms with Gasteiger partial charge in [-0.2, -0.15) is 0 Å². The predicted octanol–water partition coefficient (Wildman–Crippen LogP) is 2.60. The fourth-order valence-electron chi connectivity index (χ4n) is 3.08. The summed E-state index contributed by atoms with van der Waals surface area (Å²) in [6.07, 6.45) is 5.43. The van der Waals surface area contributed by atoms with Crippen LogP contribution in [0.5, 0.6) is 5.88 Å². The van der Waals surface area contributed by atoms with Crippen LogP contribution in [0.4, 0.5) is 0 Å². The Hall–Kier alpha value is -2.25. The van der Waals surface area contributed by atoms with Crippen molar-refractivity contribution in [2.75, 3.05) is 0 Å². The van der Waals surface area contributed by atoms with Gasteiger partial charge in [-0.15, -0.1) is 0 Å². The third kappa shape index (κ3) is 3.72. The minimum Gasteiger partial charge on any atom is -0.494 e. The average Bonchev–Trinajstić information content (AvgIpc) is 2.57. The summed E-state index contributed by atoms with van der Waals surface area (Å²) in [5, 5.41) is 10.6. The van der Waals surface area contributed by atoms with Crippen molar-refractivity contribution < 1.29 is 5.11 Å². The summed E-state index contributed by atoms with van der Waals surface area (Å²) >= 11 is 5.21. The molecule has 4 N–H and O–H groups in total. The Balaban J connectivity index is 2.02. The fourth-order valence-corrected chi connectivity index (χ4v) is 3.37. The van der Waals surface area contributed by atoms with Gasteiger partial charge in [0, 0.05) is 12.3 Å². The van der Waals surface area contributed by atoms with Crippen LogP contribution < -0.4 is 11.3 Å². The fraction of sp³-hybridized carbons (Fsp3) is 0.389. The second-order valence-electron chi connectivity index (χ2n) is 6.46. The molecule has 7 heteroatoms. The van der Waals surface area contributed by atoms with Crippen molar-refractivity contribution in [2.45, 2.75) is 44.7 Å². The van der Waals surface area contributed by atoms with E-state index in [1.54, 1.807) is 0 Å². The summed E-state index contributed by atoms with van der Waals surface area (Å²) in [6, 6.07) is 7.46. The minimum absolute atomic E-state index is 0.00586. The number of rotatable bonds is 3. The number of aromatic amines is 1. The number of hydrogen-bond donors (Lipinski definition) is 3. The molecule has 0 radical (unpaired) electrons. The number of aryl methyl sites for hydroxylation is 1. The Labute approximate surface area is 151 Å². The molecule has 1 fully saturated rings. The highest BCUT2D eigenvalue weighted by Gasteiger charge is 2.21. The van der Waals surface area contributed by atoms with E-state index in [4.69, 9.17) is 18.0 Å². The van der Waals surface area contributed by atoms with Crippen molar-refractivity contribution in [3.63, 3.8) is 0 Å². The van der Waals surface area contributed by atoms with E-state index in [-0.39, 0.29) is 28.3 Å². The van der Waals surface area contributed by atoms with Gasteiger partial charge in [-0.1, -0.05) is 30.5 Å². The number of aromatic nitrogens is 2. The van der Waals surface area contributed by atoms with Gasteiger partial charge in [-0.25, -0.2) is 0 Å². The lowest BCUT2D eigenvalue weighted by Gasteiger charge is -2.25. The molecule has 2 atom stereocenters. The zero-order chi connectivity index (χ0) is 18.0. The van der Waals surface area contributed by atoms with Crippen LogP contribution in [0.25, 0.3) is 5.69 Å². The molecular weight excluding hydrogens is 336 g/mol. The molecular formula is C18H22N4O2S. The molecule has 2 aromatic rings. The summed E-state index contributed by atoms with van der Waals surface area (Å²) in [6.45, 7) is 1.97. The van der Waals surface area contributed by atoms with Crippen molar-refractivity contribution in [2.24, 2.45) is 10.7 Å². The van der Waals surface area contributed by atoms with Crippen molar-refractivity contribution in [1.82, 2.24) is 9.55 Å². The standard InChI is InChI=1S/C18H22N4O2S/c1-11-6-8-12(9-7-11)22-17(24)13(16(23)21-18(22)25)10-20-15-5-3-2-4-14(15)19/h6-10,14-15,24H,2-5,19H2,1H3,(H,21,23,25)/t14-,15-/m0/s1. The lowest BCUT2D eigenvalue weighted by molar-refractivity contribution is 0.387. The molecule has 1 aliphatic carbocycles. The van der Waals surface area contributed by atoms with Crippen LogP contribution in [-0.2, 0) is 0 Å². The molecule has 132 valence electrons. The third-order valence-corrected chi connectivity index (χ3v) is 4.87. The van der Waals surface area contributed by atoms with E-state index in [1.807, 2.05) is 31.2 Å². The first-order chi connectivity index (χ1) is 12.0. The van der Waals surface area contributed by atoms with Gasteiger partial charge >= 0.3 is 0 Å². The highest BCUT2D eigenvalue weighted by atomic mass is 32.1. The Bertz CT molecular complexity index is 899. The maximum absolute atomic E-state index is 12.2. The number of hydrogen-bond acceptors (Lipinski definition) is 5. The molecule has 25 heavy (non-hydrogen) atoms. The smallest absolute Gasteiger partial charge is 0.264 e. The van der Waals surface area contributed by atoms with E-state index in [2.05, 4.69) is 9.98 Å². The predicted molar refractivity (Wildman–Crippen MR) is 101 cm³/mol. The van der Waals surface area contributed by atoms with Gasteiger partial charge in [0.15, 0.2) is 4.77 Å². The summed E-state index contributed by atoms with van der Waals surface area (Å²) < 4.78 is 1.57. The number of H-pyrrole nitrogens is 1. The molecule has 1 aromatic heterocycles.